The van der Waals surface area contributed by atoms with Gasteiger partial charge in [-0.15, -0.1) is 11.3 Å². The molecule has 120 valence electrons. The van der Waals surface area contributed by atoms with Crippen LogP contribution in [0.15, 0.2) is 77.0 Å². The van der Waals surface area contributed by atoms with Crippen LogP contribution in [0.3, 0.4) is 0 Å². The zero-order valence-corrected chi connectivity index (χ0v) is 14.2. The summed E-state index contributed by atoms with van der Waals surface area (Å²) in [4.78, 5) is 0.986. The van der Waals surface area contributed by atoms with E-state index in [1.165, 1.54) is 23.5 Å². The van der Waals surface area contributed by atoms with Crippen molar-refractivity contribution >= 4 is 21.4 Å². The Kier molecular flexibility index (Phi) is 4.76. The third-order valence-corrected chi connectivity index (χ3v) is 5.86. The van der Waals surface area contributed by atoms with Gasteiger partial charge in [-0.05, 0) is 35.2 Å². The summed E-state index contributed by atoms with van der Waals surface area (Å²) < 4.78 is 28.3. The van der Waals surface area contributed by atoms with E-state index in [0.29, 0.717) is 5.56 Å². The van der Waals surface area contributed by atoms with Crippen LogP contribution < -0.4 is 4.72 Å². The van der Waals surface area contributed by atoms with E-state index in [1.807, 2.05) is 53.9 Å². The third-order valence-electron chi connectivity index (χ3n) is 3.51. The molecule has 0 fully saturated rings. The predicted molar refractivity (Wildman–Crippen MR) is 94.1 cm³/mol. The number of nitriles is 1. The summed E-state index contributed by atoms with van der Waals surface area (Å²) in [6.07, 6.45) is 0. The van der Waals surface area contributed by atoms with E-state index >= 15 is 0 Å². The quantitative estimate of drug-likeness (QED) is 0.760. The molecule has 0 saturated heterocycles. The van der Waals surface area contributed by atoms with Crippen molar-refractivity contribution in [2.75, 3.05) is 0 Å². The van der Waals surface area contributed by atoms with Gasteiger partial charge in [-0.3, -0.25) is 0 Å². The maximum absolute atomic E-state index is 12.8. The average molecular weight is 354 g/mol. The number of hydrogen-bond donors (Lipinski definition) is 1. The summed E-state index contributed by atoms with van der Waals surface area (Å²) in [5, 5.41) is 10.9. The molecule has 2 aromatic carbocycles. The van der Waals surface area contributed by atoms with Gasteiger partial charge in [0.2, 0.25) is 10.0 Å². The van der Waals surface area contributed by atoms with Gasteiger partial charge in [-0.2, -0.15) is 9.98 Å². The average Bonchev–Trinajstić information content (AvgIpc) is 3.15. The summed E-state index contributed by atoms with van der Waals surface area (Å²) >= 11 is 1.49. The van der Waals surface area contributed by atoms with Gasteiger partial charge in [0.25, 0.3) is 0 Å². The molecule has 3 rings (SSSR count). The summed E-state index contributed by atoms with van der Waals surface area (Å²) in [7, 11) is -3.76. The summed E-state index contributed by atoms with van der Waals surface area (Å²) in [6, 6.07) is 20.7. The van der Waals surface area contributed by atoms with Gasteiger partial charge in [0.15, 0.2) is 0 Å². The van der Waals surface area contributed by atoms with Gasteiger partial charge in [0.05, 0.1) is 22.6 Å². The lowest BCUT2D eigenvalue weighted by atomic mass is 10.1. The molecule has 0 spiro atoms. The Morgan fingerprint density at radius 2 is 1.79 bits per heavy atom. The van der Waals surface area contributed by atoms with E-state index in [-0.39, 0.29) is 4.90 Å². The largest absolute Gasteiger partial charge is 0.241 e. The molecule has 1 heterocycles. The molecule has 0 bridgehead atoms. The van der Waals surface area contributed by atoms with Gasteiger partial charge in [-0.25, -0.2) is 8.42 Å². The van der Waals surface area contributed by atoms with Crippen molar-refractivity contribution in [3.8, 4) is 6.07 Å². The first-order chi connectivity index (χ1) is 11.6. The van der Waals surface area contributed by atoms with Gasteiger partial charge >= 0.3 is 0 Å². The third kappa shape index (κ3) is 3.54. The predicted octanol–water partition coefficient (Wildman–Crippen LogP) is 3.69. The molecule has 1 aromatic heterocycles. The SMILES string of the molecule is N#Cc1cccc(S(=O)(=O)N[C@@H](c2ccccc2)c2cccs2)c1. The van der Waals surface area contributed by atoms with Crippen LogP contribution in [-0.4, -0.2) is 8.42 Å². The molecule has 0 aliphatic carbocycles. The smallest absolute Gasteiger partial charge is 0.207 e. The van der Waals surface area contributed by atoms with E-state index in [0.717, 1.165) is 10.4 Å². The Labute approximate surface area is 145 Å². The molecule has 3 aromatic rings. The highest BCUT2D eigenvalue weighted by molar-refractivity contribution is 7.89. The fourth-order valence-corrected chi connectivity index (χ4v) is 4.47. The summed E-state index contributed by atoms with van der Waals surface area (Å²) in [5.41, 5.74) is 1.17. The van der Waals surface area contributed by atoms with Crippen molar-refractivity contribution in [2.24, 2.45) is 0 Å². The minimum Gasteiger partial charge on any atom is -0.207 e. The van der Waals surface area contributed by atoms with Crippen LogP contribution >= 0.6 is 11.3 Å². The van der Waals surface area contributed by atoms with E-state index in [4.69, 9.17) is 5.26 Å². The van der Waals surface area contributed by atoms with Crippen LogP contribution in [0.5, 0.6) is 0 Å². The Bertz CT molecular complexity index is 960. The minimum absolute atomic E-state index is 0.0824. The van der Waals surface area contributed by atoms with Crippen LogP contribution in [0.2, 0.25) is 0 Å². The topological polar surface area (TPSA) is 70.0 Å². The molecule has 6 heteroatoms. The molecular weight excluding hydrogens is 340 g/mol. The normalized spacial score (nSPS) is 12.5. The maximum Gasteiger partial charge on any atom is 0.241 e. The van der Waals surface area contributed by atoms with Crippen molar-refractivity contribution in [2.45, 2.75) is 10.9 Å². The molecule has 4 nitrogen and oxygen atoms in total. The van der Waals surface area contributed by atoms with Gasteiger partial charge in [0.1, 0.15) is 0 Å². The highest BCUT2D eigenvalue weighted by Gasteiger charge is 2.23. The Hall–Kier alpha value is -2.46. The molecule has 1 N–H and O–H groups in total. The number of benzene rings is 2. The second kappa shape index (κ2) is 6.97. The van der Waals surface area contributed by atoms with Gasteiger partial charge < -0.3 is 0 Å². The van der Waals surface area contributed by atoms with Crippen LogP contribution in [0.4, 0.5) is 0 Å². The summed E-state index contributed by atoms with van der Waals surface area (Å²) in [5.74, 6) is 0. The zero-order chi connectivity index (χ0) is 17.0. The fraction of sp³-hybridized carbons (Fsp3) is 0.0556. The lowest BCUT2D eigenvalue weighted by Gasteiger charge is -2.18. The lowest BCUT2D eigenvalue weighted by Crippen LogP contribution is -2.29. The zero-order valence-electron chi connectivity index (χ0n) is 12.6. The lowest BCUT2D eigenvalue weighted by molar-refractivity contribution is 0.573. The van der Waals surface area contributed by atoms with Crippen molar-refractivity contribution in [1.29, 1.82) is 5.26 Å². The fourth-order valence-electron chi connectivity index (χ4n) is 2.35. The first kappa shape index (κ1) is 16.4. The van der Waals surface area contributed by atoms with E-state index in [1.54, 1.807) is 12.1 Å². The first-order valence-corrected chi connectivity index (χ1v) is 9.57. The molecule has 1 atom stereocenters. The Morgan fingerprint density at radius 3 is 2.46 bits per heavy atom. The van der Waals surface area contributed by atoms with Gasteiger partial charge in [0, 0.05) is 4.88 Å². The number of thiophene rings is 1. The van der Waals surface area contributed by atoms with Crippen molar-refractivity contribution in [1.82, 2.24) is 4.72 Å². The molecular formula is C18H14N2O2S2. The van der Waals surface area contributed by atoms with Crippen molar-refractivity contribution in [3.05, 3.63) is 88.1 Å². The van der Waals surface area contributed by atoms with Crippen molar-refractivity contribution in [3.63, 3.8) is 0 Å². The van der Waals surface area contributed by atoms with Crippen LogP contribution in [0.1, 0.15) is 22.0 Å². The van der Waals surface area contributed by atoms with E-state index in [9.17, 15) is 8.42 Å². The first-order valence-electron chi connectivity index (χ1n) is 7.21. The standard InChI is InChI=1S/C18H14N2O2S2/c19-13-14-6-4-9-16(12-14)24(21,22)20-18(17-10-5-11-23-17)15-7-2-1-3-8-15/h1-12,18,20H/t18-/m0/s1. The van der Waals surface area contributed by atoms with E-state index in [2.05, 4.69) is 4.72 Å². The van der Waals surface area contributed by atoms with Crippen LogP contribution in [0.25, 0.3) is 0 Å². The molecule has 0 amide bonds. The monoisotopic (exact) mass is 354 g/mol. The van der Waals surface area contributed by atoms with Gasteiger partial charge in [-0.1, -0.05) is 42.5 Å². The number of nitrogens with zero attached hydrogens (tertiary/aromatic N) is 1. The molecule has 0 aliphatic rings. The van der Waals surface area contributed by atoms with E-state index < -0.39 is 16.1 Å². The highest BCUT2D eigenvalue weighted by Crippen LogP contribution is 2.28. The number of nitrogens with one attached hydrogen (secondary N) is 1. The van der Waals surface area contributed by atoms with Crippen molar-refractivity contribution < 1.29 is 8.42 Å². The molecule has 0 radical (unpaired) electrons. The number of rotatable bonds is 5. The van der Waals surface area contributed by atoms with Crippen LogP contribution in [0, 0.1) is 11.3 Å². The second-order valence-corrected chi connectivity index (χ2v) is 7.81. The molecule has 24 heavy (non-hydrogen) atoms. The Balaban J connectivity index is 1.99. The highest BCUT2D eigenvalue weighted by atomic mass is 32.2. The molecule has 0 unspecified atom stereocenters. The second-order valence-electron chi connectivity index (χ2n) is 5.12. The number of hydrogen-bond acceptors (Lipinski definition) is 4. The maximum atomic E-state index is 12.8. The minimum atomic E-state index is -3.76. The number of sulfonamides is 1. The van der Waals surface area contributed by atoms with Crippen LogP contribution in [-0.2, 0) is 10.0 Å². The summed E-state index contributed by atoms with van der Waals surface area (Å²) in [6.45, 7) is 0. The molecule has 0 saturated carbocycles. The Morgan fingerprint density at radius 1 is 1.00 bits per heavy atom. The molecule has 0 aliphatic heterocycles.